The maximum atomic E-state index is 12.3. The van der Waals surface area contributed by atoms with Gasteiger partial charge in [-0.2, -0.15) is 0 Å². The third kappa shape index (κ3) is 6.37. The van der Waals surface area contributed by atoms with E-state index >= 15 is 0 Å². The molecule has 1 amide bonds. The standard InChI is InChI=1S/C24H27ClN4OS/c1-28-9-11-29(12-10-28)16-19-3-2-4-20(13-19)24-27-22(17-31-24)14-23(30)26-15-18-5-7-21(25)8-6-18/h2-8,13,17H,9-12,14-16H2,1H3,(H,26,30). The molecule has 1 fully saturated rings. The smallest absolute Gasteiger partial charge is 0.226 e. The van der Waals surface area contributed by atoms with Gasteiger partial charge in [-0.25, -0.2) is 4.98 Å². The Hall–Kier alpha value is -2.25. The summed E-state index contributed by atoms with van der Waals surface area (Å²) in [6.45, 7) is 5.90. The molecule has 3 aromatic rings. The molecule has 1 N–H and O–H groups in total. The maximum absolute atomic E-state index is 12.3. The lowest BCUT2D eigenvalue weighted by Gasteiger charge is -2.32. The Morgan fingerprint density at radius 3 is 2.65 bits per heavy atom. The number of piperazine rings is 1. The number of aromatic nitrogens is 1. The average Bonchev–Trinajstić information content (AvgIpc) is 3.24. The van der Waals surface area contributed by atoms with Crippen LogP contribution in [0, 0.1) is 0 Å². The Morgan fingerprint density at radius 2 is 1.87 bits per heavy atom. The quantitative estimate of drug-likeness (QED) is 0.584. The Bertz CT molecular complexity index is 1010. The fourth-order valence-corrected chi connectivity index (χ4v) is 4.56. The summed E-state index contributed by atoms with van der Waals surface area (Å²) in [5.74, 6) is -0.0318. The van der Waals surface area contributed by atoms with E-state index in [1.54, 1.807) is 11.3 Å². The van der Waals surface area contributed by atoms with Crippen LogP contribution in [0.5, 0.6) is 0 Å². The molecule has 0 bridgehead atoms. The summed E-state index contributed by atoms with van der Waals surface area (Å²) >= 11 is 7.49. The number of hydrogen-bond acceptors (Lipinski definition) is 5. The van der Waals surface area contributed by atoms with Gasteiger partial charge in [-0.3, -0.25) is 9.69 Å². The van der Waals surface area contributed by atoms with Crippen LogP contribution in [0.15, 0.2) is 53.9 Å². The Labute approximate surface area is 192 Å². The van der Waals surface area contributed by atoms with E-state index in [4.69, 9.17) is 16.6 Å². The first-order chi connectivity index (χ1) is 15.0. The van der Waals surface area contributed by atoms with Crippen LogP contribution in [0.4, 0.5) is 0 Å². The summed E-state index contributed by atoms with van der Waals surface area (Å²) in [7, 11) is 2.18. The van der Waals surface area contributed by atoms with Gasteiger partial charge >= 0.3 is 0 Å². The van der Waals surface area contributed by atoms with Crippen LogP contribution < -0.4 is 5.32 Å². The van der Waals surface area contributed by atoms with Gasteiger partial charge in [0.1, 0.15) is 5.01 Å². The third-order valence-corrected chi connectivity index (χ3v) is 6.66. The third-order valence-electron chi connectivity index (χ3n) is 5.47. The van der Waals surface area contributed by atoms with Gasteiger partial charge in [0.15, 0.2) is 0 Å². The van der Waals surface area contributed by atoms with E-state index in [0.717, 1.165) is 54.6 Å². The second kappa shape index (κ2) is 10.4. The lowest BCUT2D eigenvalue weighted by molar-refractivity contribution is -0.120. The number of thiazole rings is 1. The highest BCUT2D eigenvalue weighted by Crippen LogP contribution is 2.25. The van der Waals surface area contributed by atoms with Crippen LogP contribution in [0.25, 0.3) is 10.6 Å². The summed E-state index contributed by atoms with van der Waals surface area (Å²) in [6.07, 6.45) is 0.283. The zero-order valence-corrected chi connectivity index (χ0v) is 19.3. The molecule has 5 nitrogen and oxygen atoms in total. The van der Waals surface area contributed by atoms with Crippen molar-refractivity contribution in [2.24, 2.45) is 0 Å². The number of benzene rings is 2. The van der Waals surface area contributed by atoms with E-state index < -0.39 is 0 Å². The molecule has 0 radical (unpaired) electrons. The van der Waals surface area contributed by atoms with Crippen LogP contribution in [-0.4, -0.2) is 53.9 Å². The van der Waals surface area contributed by atoms with Crippen molar-refractivity contribution in [2.75, 3.05) is 33.2 Å². The van der Waals surface area contributed by atoms with Crippen molar-refractivity contribution >= 4 is 28.8 Å². The van der Waals surface area contributed by atoms with Gasteiger partial charge in [0.2, 0.25) is 5.91 Å². The van der Waals surface area contributed by atoms with Crippen molar-refractivity contribution in [3.05, 3.63) is 75.8 Å². The monoisotopic (exact) mass is 454 g/mol. The molecule has 4 rings (SSSR count). The molecule has 0 spiro atoms. The molecule has 7 heteroatoms. The topological polar surface area (TPSA) is 48.5 Å². The summed E-state index contributed by atoms with van der Waals surface area (Å²) in [5.41, 5.74) is 4.25. The lowest BCUT2D eigenvalue weighted by atomic mass is 10.1. The van der Waals surface area contributed by atoms with Crippen molar-refractivity contribution in [3.63, 3.8) is 0 Å². The van der Waals surface area contributed by atoms with Gasteiger partial charge < -0.3 is 10.2 Å². The van der Waals surface area contributed by atoms with E-state index in [2.05, 4.69) is 46.4 Å². The van der Waals surface area contributed by atoms with Crippen molar-refractivity contribution in [1.29, 1.82) is 0 Å². The van der Waals surface area contributed by atoms with E-state index in [9.17, 15) is 4.79 Å². The number of nitrogens with one attached hydrogen (secondary N) is 1. The number of likely N-dealkylation sites (N-methyl/N-ethyl adjacent to an activating group) is 1. The number of carbonyl (C=O) groups excluding carboxylic acids is 1. The summed E-state index contributed by atoms with van der Waals surface area (Å²) in [5, 5.41) is 6.58. The zero-order valence-electron chi connectivity index (χ0n) is 17.7. The van der Waals surface area contributed by atoms with E-state index in [1.165, 1.54) is 5.56 Å². The van der Waals surface area contributed by atoms with Crippen LogP contribution >= 0.6 is 22.9 Å². The molecule has 1 aliphatic rings. The molecule has 1 aliphatic heterocycles. The summed E-state index contributed by atoms with van der Waals surface area (Å²) in [6, 6.07) is 16.1. The molecular formula is C24H27ClN4OS. The Kier molecular flexibility index (Phi) is 7.35. The molecule has 0 aliphatic carbocycles. The minimum absolute atomic E-state index is 0.0318. The van der Waals surface area contributed by atoms with Crippen molar-refractivity contribution in [1.82, 2.24) is 20.1 Å². The zero-order chi connectivity index (χ0) is 21.6. The molecule has 1 saturated heterocycles. The van der Waals surface area contributed by atoms with Crippen LogP contribution in [0.3, 0.4) is 0 Å². The highest BCUT2D eigenvalue weighted by Gasteiger charge is 2.15. The Balaban J connectivity index is 1.32. The van der Waals surface area contributed by atoms with Crippen LogP contribution in [0.2, 0.25) is 5.02 Å². The number of carbonyl (C=O) groups is 1. The molecule has 31 heavy (non-hydrogen) atoms. The average molecular weight is 455 g/mol. The number of nitrogens with zero attached hydrogens (tertiary/aromatic N) is 3. The second-order valence-corrected chi connectivity index (χ2v) is 9.30. The van der Waals surface area contributed by atoms with Crippen molar-refractivity contribution in [3.8, 4) is 10.6 Å². The minimum atomic E-state index is -0.0318. The predicted octanol–water partition coefficient (Wildman–Crippen LogP) is 4.07. The van der Waals surface area contributed by atoms with Crippen LogP contribution in [-0.2, 0) is 24.3 Å². The molecule has 162 valence electrons. The number of hydrogen-bond donors (Lipinski definition) is 1. The van der Waals surface area contributed by atoms with Gasteiger partial charge in [0.25, 0.3) is 0 Å². The van der Waals surface area contributed by atoms with E-state index in [-0.39, 0.29) is 12.3 Å². The van der Waals surface area contributed by atoms with Gasteiger partial charge in [-0.15, -0.1) is 11.3 Å². The maximum Gasteiger partial charge on any atom is 0.226 e. The van der Waals surface area contributed by atoms with Crippen LogP contribution in [0.1, 0.15) is 16.8 Å². The van der Waals surface area contributed by atoms with Gasteiger partial charge in [0.05, 0.1) is 12.1 Å². The normalized spacial score (nSPS) is 15.2. The SMILES string of the molecule is CN1CCN(Cc2cccc(-c3nc(CC(=O)NCc4ccc(Cl)cc4)cs3)c2)CC1. The second-order valence-electron chi connectivity index (χ2n) is 8.00. The molecule has 1 aromatic heterocycles. The lowest BCUT2D eigenvalue weighted by Crippen LogP contribution is -2.43. The molecule has 2 aromatic carbocycles. The van der Waals surface area contributed by atoms with Crippen molar-refractivity contribution in [2.45, 2.75) is 19.5 Å². The molecular weight excluding hydrogens is 428 g/mol. The number of halogens is 1. The largest absolute Gasteiger partial charge is 0.352 e. The van der Waals surface area contributed by atoms with E-state index in [1.807, 2.05) is 29.6 Å². The highest BCUT2D eigenvalue weighted by atomic mass is 35.5. The summed E-state index contributed by atoms with van der Waals surface area (Å²) in [4.78, 5) is 21.9. The van der Waals surface area contributed by atoms with Crippen molar-refractivity contribution < 1.29 is 4.79 Å². The first kappa shape index (κ1) is 22.0. The Morgan fingerprint density at radius 1 is 1.10 bits per heavy atom. The molecule has 0 saturated carbocycles. The molecule has 0 atom stereocenters. The fraction of sp³-hybridized carbons (Fsp3) is 0.333. The first-order valence-corrected chi connectivity index (χ1v) is 11.8. The number of rotatable bonds is 7. The predicted molar refractivity (Wildman–Crippen MR) is 127 cm³/mol. The minimum Gasteiger partial charge on any atom is -0.352 e. The number of amides is 1. The van der Waals surface area contributed by atoms with Gasteiger partial charge in [-0.05, 0) is 36.4 Å². The van der Waals surface area contributed by atoms with Gasteiger partial charge in [-0.1, -0.05) is 41.9 Å². The highest BCUT2D eigenvalue weighted by molar-refractivity contribution is 7.13. The van der Waals surface area contributed by atoms with E-state index in [0.29, 0.717) is 11.6 Å². The summed E-state index contributed by atoms with van der Waals surface area (Å²) < 4.78 is 0. The fourth-order valence-electron chi connectivity index (χ4n) is 3.62. The molecule has 0 unspecified atom stereocenters. The molecule has 2 heterocycles. The van der Waals surface area contributed by atoms with Gasteiger partial charge in [0, 0.05) is 55.2 Å². The first-order valence-electron chi connectivity index (χ1n) is 10.5.